The second-order valence-electron chi connectivity index (χ2n) is 4.29. The van der Waals surface area contributed by atoms with Crippen LogP contribution < -0.4 is 10.5 Å². The lowest BCUT2D eigenvalue weighted by Gasteiger charge is -2.14. The van der Waals surface area contributed by atoms with E-state index in [2.05, 4.69) is 4.72 Å². The Bertz CT molecular complexity index is 510. The van der Waals surface area contributed by atoms with Crippen molar-refractivity contribution in [2.75, 3.05) is 10.5 Å². The van der Waals surface area contributed by atoms with Gasteiger partial charge in [-0.2, -0.15) is 0 Å². The minimum absolute atomic E-state index is 0.294. The molecule has 0 saturated heterocycles. The molecule has 94 valence electrons. The number of hydrogen-bond acceptors (Lipinski definition) is 3. The van der Waals surface area contributed by atoms with E-state index in [1.54, 1.807) is 12.1 Å². The van der Waals surface area contributed by atoms with Crippen molar-refractivity contribution in [2.24, 2.45) is 0 Å². The van der Waals surface area contributed by atoms with Gasteiger partial charge in [-0.15, -0.1) is 0 Å². The average Bonchev–Trinajstić information content (AvgIpc) is 2.76. The zero-order valence-electron chi connectivity index (χ0n) is 9.32. The second-order valence-corrected chi connectivity index (χ2v) is 6.68. The summed E-state index contributed by atoms with van der Waals surface area (Å²) in [7, 11) is -3.32. The molecule has 0 bridgehead atoms. The maximum absolute atomic E-state index is 12.0. The number of nitrogens with two attached hydrogens (primary N) is 1. The van der Waals surface area contributed by atoms with E-state index in [4.69, 9.17) is 17.3 Å². The molecule has 6 heteroatoms. The fourth-order valence-electron chi connectivity index (χ4n) is 2.06. The SMILES string of the molecule is Nc1cc(Cl)ccc1NS(=O)(=O)C1CCCC1. The van der Waals surface area contributed by atoms with Gasteiger partial charge in [0.05, 0.1) is 16.6 Å². The molecule has 1 aliphatic rings. The van der Waals surface area contributed by atoms with Crippen LogP contribution in [0.3, 0.4) is 0 Å². The van der Waals surface area contributed by atoms with Gasteiger partial charge >= 0.3 is 0 Å². The quantitative estimate of drug-likeness (QED) is 0.832. The smallest absolute Gasteiger partial charge is 0.235 e. The van der Waals surface area contributed by atoms with Crippen molar-refractivity contribution in [2.45, 2.75) is 30.9 Å². The van der Waals surface area contributed by atoms with E-state index in [0.717, 1.165) is 25.7 Å². The molecule has 1 aromatic carbocycles. The fraction of sp³-hybridized carbons (Fsp3) is 0.455. The highest BCUT2D eigenvalue weighted by molar-refractivity contribution is 7.93. The molecule has 0 radical (unpaired) electrons. The van der Waals surface area contributed by atoms with Crippen LogP contribution in [-0.4, -0.2) is 13.7 Å². The van der Waals surface area contributed by atoms with Crippen LogP contribution in [0.4, 0.5) is 11.4 Å². The third kappa shape index (κ3) is 2.84. The Kier molecular flexibility index (Phi) is 3.49. The number of nitrogen functional groups attached to an aromatic ring is 1. The molecule has 1 aliphatic carbocycles. The van der Waals surface area contributed by atoms with E-state index in [-0.39, 0.29) is 5.25 Å². The Balaban J connectivity index is 2.19. The highest BCUT2D eigenvalue weighted by Crippen LogP contribution is 2.29. The molecule has 0 aromatic heterocycles. The topological polar surface area (TPSA) is 72.2 Å². The first-order chi connectivity index (χ1) is 7.99. The largest absolute Gasteiger partial charge is 0.397 e. The first kappa shape index (κ1) is 12.5. The Morgan fingerprint density at radius 1 is 1.29 bits per heavy atom. The molecule has 17 heavy (non-hydrogen) atoms. The predicted octanol–water partition coefficient (Wildman–Crippen LogP) is 2.61. The van der Waals surface area contributed by atoms with Gasteiger partial charge in [-0.3, -0.25) is 4.72 Å². The standard InChI is InChI=1S/C11H15ClN2O2S/c12-8-5-6-11(10(13)7-8)14-17(15,16)9-3-1-2-4-9/h5-7,9,14H,1-4,13H2. The molecule has 0 atom stereocenters. The Labute approximate surface area is 106 Å². The molecule has 0 heterocycles. The number of sulfonamides is 1. The Morgan fingerprint density at radius 3 is 2.53 bits per heavy atom. The number of rotatable bonds is 3. The summed E-state index contributed by atoms with van der Waals surface area (Å²) in [6.45, 7) is 0. The Morgan fingerprint density at radius 2 is 1.94 bits per heavy atom. The van der Waals surface area contributed by atoms with Gasteiger partial charge in [0.15, 0.2) is 0 Å². The molecule has 2 rings (SSSR count). The highest BCUT2D eigenvalue weighted by Gasteiger charge is 2.28. The van der Waals surface area contributed by atoms with Crippen molar-refractivity contribution >= 4 is 33.0 Å². The number of hydrogen-bond donors (Lipinski definition) is 2. The summed E-state index contributed by atoms with van der Waals surface area (Å²) < 4.78 is 26.6. The van der Waals surface area contributed by atoms with Crippen molar-refractivity contribution in [1.82, 2.24) is 0 Å². The molecule has 1 saturated carbocycles. The van der Waals surface area contributed by atoms with Crippen molar-refractivity contribution in [3.8, 4) is 0 Å². The number of nitrogens with one attached hydrogen (secondary N) is 1. The lowest BCUT2D eigenvalue weighted by Crippen LogP contribution is -2.25. The lowest BCUT2D eigenvalue weighted by molar-refractivity contribution is 0.585. The van der Waals surface area contributed by atoms with E-state index >= 15 is 0 Å². The minimum atomic E-state index is -3.32. The highest BCUT2D eigenvalue weighted by atomic mass is 35.5. The maximum Gasteiger partial charge on any atom is 0.235 e. The van der Waals surface area contributed by atoms with Crippen LogP contribution in [0.25, 0.3) is 0 Å². The van der Waals surface area contributed by atoms with E-state index in [0.29, 0.717) is 16.4 Å². The first-order valence-corrected chi connectivity index (χ1v) is 7.48. The van der Waals surface area contributed by atoms with Crippen LogP contribution in [0.1, 0.15) is 25.7 Å². The van der Waals surface area contributed by atoms with Gasteiger partial charge < -0.3 is 5.73 Å². The van der Waals surface area contributed by atoms with Gasteiger partial charge in [0.1, 0.15) is 0 Å². The van der Waals surface area contributed by atoms with Gasteiger partial charge in [0.25, 0.3) is 0 Å². The van der Waals surface area contributed by atoms with Crippen LogP contribution in [-0.2, 0) is 10.0 Å². The average molecular weight is 275 g/mol. The minimum Gasteiger partial charge on any atom is -0.397 e. The van der Waals surface area contributed by atoms with Crippen LogP contribution in [0.2, 0.25) is 5.02 Å². The van der Waals surface area contributed by atoms with Crippen molar-refractivity contribution < 1.29 is 8.42 Å². The van der Waals surface area contributed by atoms with Crippen molar-refractivity contribution in [3.63, 3.8) is 0 Å². The summed E-state index contributed by atoms with van der Waals surface area (Å²) in [5, 5.41) is 0.198. The molecule has 0 amide bonds. The van der Waals surface area contributed by atoms with E-state index in [1.807, 2.05) is 0 Å². The molecular weight excluding hydrogens is 260 g/mol. The van der Waals surface area contributed by atoms with Crippen molar-refractivity contribution in [3.05, 3.63) is 23.2 Å². The van der Waals surface area contributed by atoms with E-state index in [9.17, 15) is 8.42 Å². The third-order valence-corrected chi connectivity index (χ3v) is 5.10. The summed E-state index contributed by atoms with van der Waals surface area (Å²) in [5.41, 5.74) is 6.47. The fourth-order valence-corrected chi connectivity index (χ4v) is 3.86. The second kappa shape index (κ2) is 4.74. The van der Waals surface area contributed by atoms with Crippen LogP contribution >= 0.6 is 11.6 Å². The summed E-state index contributed by atoms with van der Waals surface area (Å²) in [5.74, 6) is 0. The van der Waals surface area contributed by atoms with E-state index in [1.165, 1.54) is 6.07 Å². The van der Waals surface area contributed by atoms with Gasteiger partial charge in [-0.25, -0.2) is 8.42 Å². The number of benzene rings is 1. The maximum atomic E-state index is 12.0. The van der Waals surface area contributed by atoms with Crippen LogP contribution in [0, 0.1) is 0 Å². The van der Waals surface area contributed by atoms with E-state index < -0.39 is 10.0 Å². The summed E-state index contributed by atoms with van der Waals surface area (Å²) in [4.78, 5) is 0. The van der Waals surface area contributed by atoms with Crippen molar-refractivity contribution in [1.29, 1.82) is 0 Å². The van der Waals surface area contributed by atoms with Crippen LogP contribution in [0.15, 0.2) is 18.2 Å². The molecule has 0 aliphatic heterocycles. The van der Waals surface area contributed by atoms with Gasteiger partial charge in [0, 0.05) is 5.02 Å². The third-order valence-electron chi connectivity index (χ3n) is 3.01. The Hall–Kier alpha value is -0.940. The molecule has 1 aromatic rings. The van der Waals surface area contributed by atoms with Gasteiger partial charge in [-0.05, 0) is 31.0 Å². The lowest BCUT2D eigenvalue weighted by atomic mass is 10.3. The summed E-state index contributed by atoms with van der Waals surface area (Å²) in [6.07, 6.45) is 3.40. The monoisotopic (exact) mass is 274 g/mol. The number of halogens is 1. The summed E-state index contributed by atoms with van der Waals surface area (Å²) in [6, 6.07) is 4.74. The molecular formula is C11H15ClN2O2S. The first-order valence-electron chi connectivity index (χ1n) is 5.56. The van der Waals surface area contributed by atoms with Gasteiger partial charge in [0.2, 0.25) is 10.0 Å². The zero-order valence-corrected chi connectivity index (χ0v) is 10.9. The predicted molar refractivity (Wildman–Crippen MR) is 70.7 cm³/mol. The molecule has 3 N–H and O–H groups in total. The molecule has 0 unspecified atom stereocenters. The van der Waals surface area contributed by atoms with Gasteiger partial charge in [-0.1, -0.05) is 24.4 Å². The van der Waals surface area contributed by atoms with Crippen LogP contribution in [0.5, 0.6) is 0 Å². The molecule has 0 spiro atoms. The number of anilines is 2. The normalized spacial score (nSPS) is 17.2. The summed E-state index contributed by atoms with van der Waals surface area (Å²) >= 11 is 5.76. The molecule has 1 fully saturated rings. The zero-order chi connectivity index (χ0) is 12.5. The molecule has 4 nitrogen and oxygen atoms in total.